The van der Waals surface area contributed by atoms with Gasteiger partial charge >= 0.3 is 0 Å². The van der Waals surface area contributed by atoms with Gasteiger partial charge < -0.3 is 14.2 Å². The zero-order chi connectivity index (χ0) is 23.4. The average molecular weight is 517 g/mol. The van der Waals surface area contributed by atoms with Crippen LogP contribution in [-0.4, -0.2) is 24.8 Å². The van der Waals surface area contributed by atoms with E-state index in [4.69, 9.17) is 14.2 Å². The number of allylic oxidation sites excluding steroid dienone is 4. The quantitative estimate of drug-likeness (QED) is 0.332. The molecule has 4 rings (SSSR count). The summed E-state index contributed by atoms with van der Waals surface area (Å²) in [6.45, 7) is 5.25. The summed E-state index contributed by atoms with van der Waals surface area (Å²) in [5.74, 6) is 2.56. The van der Waals surface area contributed by atoms with Crippen LogP contribution in [-0.2, 0) is 14.3 Å². The van der Waals surface area contributed by atoms with Crippen LogP contribution in [0.15, 0.2) is 39.3 Å². The monoisotopic (exact) mass is 516 g/mol. The van der Waals surface area contributed by atoms with Crippen molar-refractivity contribution in [1.82, 2.24) is 0 Å². The molecule has 33 heavy (non-hydrogen) atoms. The molecule has 1 aromatic rings. The second kappa shape index (κ2) is 10.9. The molecule has 1 aromatic carbocycles. The molecule has 0 amide bonds. The molecule has 1 heterocycles. The van der Waals surface area contributed by atoms with Gasteiger partial charge in [0.25, 0.3) is 0 Å². The Labute approximate surface area is 204 Å². The van der Waals surface area contributed by atoms with Gasteiger partial charge in [-0.05, 0) is 59.8 Å². The van der Waals surface area contributed by atoms with Crippen molar-refractivity contribution >= 4 is 27.5 Å². The molecular formula is C27H33BrO5. The number of hydrogen-bond acceptors (Lipinski definition) is 5. The summed E-state index contributed by atoms with van der Waals surface area (Å²) in [6, 6.07) is 3.93. The number of unbranched alkanes of at least 4 members (excludes halogenated alkanes) is 3. The van der Waals surface area contributed by atoms with E-state index in [0.717, 1.165) is 60.1 Å². The normalized spacial score (nSPS) is 18.8. The minimum absolute atomic E-state index is 0.0801. The Bertz CT molecular complexity index is 948. The van der Waals surface area contributed by atoms with E-state index in [-0.39, 0.29) is 11.6 Å². The number of ketones is 2. The number of halogens is 1. The molecule has 178 valence electrons. The van der Waals surface area contributed by atoms with Crippen LogP contribution >= 0.6 is 15.9 Å². The topological polar surface area (TPSA) is 61.8 Å². The predicted molar refractivity (Wildman–Crippen MR) is 131 cm³/mol. The summed E-state index contributed by atoms with van der Waals surface area (Å²) in [5.41, 5.74) is 2.17. The minimum atomic E-state index is -0.404. The first-order chi connectivity index (χ1) is 16.0. The first-order valence-corrected chi connectivity index (χ1v) is 13.1. The molecule has 5 nitrogen and oxygen atoms in total. The highest BCUT2D eigenvalue weighted by Gasteiger charge is 2.42. The molecule has 6 heteroatoms. The van der Waals surface area contributed by atoms with E-state index in [9.17, 15) is 9.59 Å². The van der Waals surface area contributed by atoms with E-state index >= 15 is 0 Å². The zero-order valence-corrected chi connectivity index (χ0v) is 21.2. The molecule has 1 aliphatic heterocycles. The van der Waals surface area contributed by atoms with Crippen LogP contribution < -0.4 is 9.47 Å². The van der Waals surface area contributed by atoms with E-state index in [0.29, 0.717) is 48.7 Å². The summed E-state index contributed by atoms with van der Waals surface area (Å²) >= 11 is 3.69. The summed E-state index contributed by atoms with van der Waals surface area (Å²) in [6.07, 6.45) is 8.55. The van der Waals surface area contributed by atoms with Crippen LogP contribution in [0.1, 0.15) is 89.5 Å². The number of benzene rings is 1. The molecule has 0 spiro atoms. The third-order valence-corrected chi connectivity index (χ3v) is 7.14. The lowest BCUT2D eigenvalue weighted by molar-refractivity contribution is -0.117. The second-order valence-corrected chi connectivity index (χ2v) is 9.79. The Morgan fingerprint density at radius 2 is 1.58 bits per heavy atom. The number of carbonyl (C=O) groups is 2. The van der Waals surface area contributed by atoms with Crippen molar-refractivity contribution in [1.29, 1.82) is 0 Å². The smallest absolute Gasteiger partial charge is 0.175 e. The summed E-state index contributed by atoms with van der Waals surface area (Å²) in [5, 5.41) is 0. The number of hydrogen-bond donors (Lipinski definition) is 0. The Balaban J connectivity index is 1.74. The van der Waals surface area contributed by atoms with Crippen molar-refractivity contribution in [3.8, 4) is 11.5 Å². The van der Waals surface area contributed by atoms with E-state index in [1.807, 2.05) is 19.1 Å². The van der Waals surface area contributed by atoms with Crippen LogP contribution in [0.5, 0.6) is 11.5 Å². The number of rotatable bonds is 9. The van der Waals surface area contributed by atoms with Crippen molar-refractivity contribution in [2.24, 2.45) is 0 Å². The highest BCUT2D eigenvalue weighted by atomic mass is 79.9. The van der Waals surface area contributed by atoms with Gasteiger partial charge in [0.15, 0.2) is 23.1 Å². The van der Waals surface area contributed by atoms with Crippen molar-refractivity contribution < 1.29 is 23.8 Å². The number of Topliss-reactive ketones (excluding diaryl/α,β-unsaturated/α-hetero) is 2. The maximum absolute atomic E-state index is 13.0. The molecule has 0 bridgehead atoms. The maximum atomic E-state index is 13.0. The molecule has 0 fully saturated rings. The lowest BCUT2D eigenvalue weighted by Crippen LogP contribution is -2.30. The lowest BCUT2D eigenvalue weighted by Gasteiger charge is -2.36. The van der Waals surface area contributed by atoms with E-state index in [2.05, 4.69) is 22.9 Å². The van der Waals surface area contributed by atoms with Gasteiger partial charge in [-0.2, -0.15) is 0 Å². The maximum Gasteiger partial charge on any atom is 0.175 e. The van der Waals surface area contributed by atoms with Crippen molar-refractivity contribution in [3.05, 3.63) is 44.8 Å². The molecule has 2 aliphatic carbocycles. The molecule has 3 aliphatic rings. The Kier molecular flexibility index (Phi) is 7.94. The molecule has 0 aromatic heterocycles. The van der Waals surface area contributed by atoms with E-state index < -0.39 is 5.92 Å². The molecule has 0 saturated heterocycles. The van der Waals surface area contributed by atoms with Gasteiger partial charge in [0.1, 0.15) is 11.5 Å². The third-order valence-electron chi connectivity index (χ3n) is 6.55. The fraction of sp³-hybridized carbons (Fsp3) is 0.556. The molecular weight excluding hydrogens is 484 g/mol. The van der Waals surface area contributed by atoms with Gasteiger partial charge in [-0.1, -0.05) is 26.2 Å². The molecule has 0 N–H and O–H groups in total. The van der Waals surface area contributed by atoms with Crippen molar-refractivity contribution in [2.45, 2.75) is 84.0 Å². The largest absolute Gasteiger partial charge is 0.490 e. The highest BCUT2D eigenvalue weighted by molar-refractivity contribution is 9.10. The van der Waals surface area contributed by atoms with E-state index in [1.54, 1.807) is 0 Å². The molecule has 0 saturated carbocycles. The highest BCUT2D eigenvalue weighted by Crippen LogP contribution is 2.50. The minimum Gasteiger partial charge on any atom is -0.490 e. The van der Waals surface area contributed by atoms with Crippen LogP contribution in [0, 0.1) is 0 Å². The van der Waals surface area contributed by atoms with Crippen LogP contribution in [0.25, 0.3) is 0 Å². The van der Waals surface area contributed by atoms with Crippen molar-refractivity contribution in [3.63, 3.8) is 0 Å². The van der Waals surface area contributed by atoms with Gasteiger partial charge in [-0.15, -0.1) is 0 Å². The molecule has 0 radical (unpaired) electrons. The Hall–Kier alpha value is -2.08. The summed E-state index contributed by atoms with van der Waals surface area (Å²) in [7, 11) is 0. The summed E-state index contributed by atoms with van der Waals surface area (Å²) in [4.78, 5) is 26.1. The number of carbonyl (C=O) groups excluding carboxylic acids is 2. The Morgan fingerprint density at radius 3 is 2.18 bits per heavy atom. The molecule has 0 unspecified atom stereocenters. The van der Waals surface area contributed by atoms with E-state index in [1.165, 1.54) is 12.8 Å². The van der Waals surface area contributed by atoms with Crippen molar-refractivity contribution in [2.75, 3.05) is 13.2 Å². The third kappa shape index (κ3) is 5.06. The number of ether oxygens (including phenoxy) is 3. The van der Waals surface area contributed by atoms with Gasteiger partial charge in [0.05, 0.1) is 17.7 Å². The molecule has 0 atom stereocenters. The fourth-order valence-corrected chi connectivity index (χ4v) is 5.59. The van der Waals surface area contributed by atoms with Crippen LogP contribution in [0.3, 0.4) is 0 Å². The Morgan fingerprint density at radius 1 is 0.909 bits per heavy atom. The van der Waals surface area contributed by atoms with Gasteiger partial charge in [0, 0.05) is 42.7 Å². The zero-order valence-electron chi connectivity index (χ0n) is 19.6. The lowest BCUT2D eigenvalue weighted by atomic mass is 9.73. The van der Waals surface area contributed by atoms with Gasteiger partial charge in [0.2, 0.25) is 0 Å². The van der Waals surface area contributed by atoms with Gasteiger partial charge in [-0.25, -0.2) is 0 Å². The predicted octanol–water partition coefficient (Wildman–Crippen LogP) is 6.93. The first kappa shape index (κ1) is 24.1. The standard InChI is InChI=1S/C27H33BrO5/c1-3-5-6-7-14-32-27-18(28)15-17(16-23(27)31-4-2)24-25-19(29)10-8-12-21(25)33-22-13-9-11-20(30)26(22)24/h15-16,24H,3-14H2,1-2H3. The fourth-order valence-electron chi connectivity index (χ4n) is 5.01. The SMILES string of the molecule is CCCCCCOc1c(Br)cc(C2C3=C(CCCC3=O)OC3=C2C(=O)CCC3)cc1OCC. The summed E-state index contributed by atoms with van der Waals surface area (Å²) < 4.78 is 19.0. The first-order valence-electron chi connectivity index (χ1n) is 12.3. The van der Waals surface area contributed by atoms with Gasteiger partial charge in [-0.3, -0.25) is 9.59 Å². The average Bonchev–Trinajstić information content (AvgIpc) is 2.79. The second-order valence-electron chi connectivity index (χ2n) is 8.93. The van der Waals surface area contributed by atoms with Crippen LogP contribution in [0.4, 0.5) is 0 Å². The van der Waals surface area contributed by atoms with Crippen LogP contribution in [0.2, 0.25) is 0 Å².